The summed E-state index contributed by atoms with van der Waals surface area (Å²) in [6, 6.07) is 9.89. The number of likely N-dealkylation sites (tertiary alicyclic amines) is 1. The van der Waals surface area contributed by atoms with Crippen LogP contribution in [0.15, 0.2) is 34.7 Å². The topological polar surface area (TPSA) is 58.1 Å². The average molecular weight is 363 g/mol. The molecule has 3 rings (SSSR count). The first-order valence-corrected chi connectivity index (χ1v) is 10.0. The maximum Gasteiger partial charge on any atom is 0.235 e. The van der Waals surface area contributed by atoms with E-state index < -0.39 is 0 Å². The number of hydrogen-bond acceptors (Lipinski definition) is 6. The number of rotatable bonds is 5. The average Bonchev–Trinajstić information content (AvgIpc) is 2.86. The highest BCUT2D eigenvalue weighted by Gasteiger charge is 2.23. The monoisotopic (exact) mass is 362 g/mol. The minimum atomic E-state index is -0.124. The molecule has 1 aromatic carbocycles. The maximum atomic E-state index is 12.6. The predicted molar refractivity (Wildman–Crippen MR) is 100 cm³/mol. The number of benzene rings is 1. The Bertz CT molecular complexity index is 654. The second kappa shape index (κ2) is 8.48. The fourth-order valence-electron chi connectivity index (χ4n) is 2.70. The van der Waals surface area contributed by atoms with Gasteiger partial charge in [-0.15, -0.1) is 10.2 Å². The fourth-order valence-corrected chi connectivity index (χ4v) is 4.70. The lowest BCUT2D eigenvalue weighted by Crippen LogP contribution is -2.37. The van der Waals surface area contributed by atoms with Gasteiger partial charge in [0.05, 0.1) is 5.25 Å². The minimum Gasteiger partial charge on any atom is -0.342 e. The van der Waals surface area contributed by atoms with Gasteiger partial charge in [-0.1, -0.05) is 54.1 Å². The van der Waals surface area contributed by atoms with Gasteiger partial charge in [-0.3, -0.25) is 4.79 Å². The van der Waals surface area contributed by atoms with E-state index >= 15 is 0 Å². The number of anilines is 2. The van der Waals surface area contributed by atoms with Crippen LogP contribution in [0.5, 0.6) is 0 Å². The van der Waals surface area contributed by atoms with Gasteiger partial charge >= 0.3 is 0 Å². The molecule has 0 spiro atoms. The highest BCUT2D eigenvalue weighted by Crippen LogP contribution is 2.31. The molecular weight excluding hydrogens is 340 g/mol. The lowest BCUT2D eigenvalue weighted by Gasteiger charge is -2.23. The molecule has 1 aromatic heterocycles. The van der Waals surface area contributed by atoms with Crippen LogP contribution in [-0.4, -0.2) is 39.3 Å². The molecule has 1 atom stereocenters. The van der Waals surface area contributed by atoms with Crippen molar-refractivity contribution in [3.8, 4) is 0 Å². The zero-order chi connectivity index (χ0) is 16.8. The van der Waals surface area contributed by atoms with Gasteiger partial charge in [0.15, 0.2) is 4.34 Å². The van der Waals surface area contributed by atoms with Gasteiger partial charge in [0, 0.05) is 18.8 Å². The van der Waals surface area contributed by atoms with Crippen LogP contribution in [0.1, 0.15) is 32.6 Å². The first-order valence-electron chi connectivity index (χ1n) is 8.33. The van der Waals surface area contributed by atoms with Crippen molar-refractivity contribution in [1.82, 2.24) is 15.1 Å². The first-order chi connectivity index (χ1) is 11.7. The Balaban J connectivity index is 1.56. The summed E-state index contributed by atoms with van der Waals surface area (Å²) in [4.78, 5) is 14.6. The summed E-state index contributed by atoms with van der Waals surface area (Å²) in [6.45, 7) is 3.74. The molecule has 2 aromatic rings. The Morgan fingerprint density at radius 1 is 1.17 bits per heavy atom. The molecule has 1 aliphatic rings. The molecule has 0 saturated carbocycles. The van der Waals surface area contributed by atoms with E-state index in [1.54, 1.807) is 0 Å². The molecule has 0 radical (unpaired) electrons. The third-order valence-corrected chi connectivity index (χ3v) is 5.99. The fraction of sp³-hybridized carbons (Fsp3) is 0.471. The van der Waals surface area contributed by atoms with Crippen molar-refractivity contribution in [2.24, 2.45) is 0 Å². The number of carbonyl (C=O) groups is 1. The van der Waals surface area contributed by atoms with E-state index in [1.165, 1.54) is 35.9 Å². The molecule has 1 aliphatic heterocycles. The van der Waals surface area contributed by atoms with E-state index in [0.717, 1.165) is 41.1 Å². The van der Waals surface area contributed by atoms with E-state index in [-0.39, 0.29) is 11.2 Å². The Kier molecular flexibility index (Phi) is 6.09. The van der Waals surface area contributed by atoms with Gasteiger partial charge in [0.25, 0.3) is 0 Å². The zero-order valence-corrected chi connectivity index (χ0v) is 15.4. The summed E-state index contributed by atoms with van der Waals surface area (Å²) in [5.74, 6) is 0.217. The van der Waals surface area contributed by atoms with Gasteiger partial charge in [-0.2, -0.15) is 0 Å². The number of nitrogens with zero attached hydrogens (tertiary/aromatic N) is 3. The molecular formula is C17H22N4OS2. The standard InChI is InChI=1S/C17H22N4OS2/c1-13(15(22)21-11-7-2-3-8-12-21)23-17-20-19-16(24-17)18-14-9-5-4-6-10-14/h4-6,9-10,13H,2-3,7-8,11-12H2,1H3,(H,18,19). The molecule has 1 amide bonds. The van der Waals surface area contributed by atoms with Crippen molar-refractivity contribution in [3.63, 3.8) is 0 Å². The van der Waals surface area contributed by atoms with Crippen LogP contribution in [0.3, 0.4) is 0 Å². The van der Waals surface area contributed by atoms with Gasteiger partial charge < -0.3 is 10.2 Å². The number of amides is 1. The van der Waals surface area contributed by atoms with E-state index in [0.29, 0.717) is 0 Å². The normalized spacial score (nSPS) is 16.5. The second-order valence-electron chi connectivity index (χ2n) is 5.86. The highest BCUT2D eigenvalue weighted by molar-refractivity contribution is 8.02. The summed E-state index contributed by atoms with van der Waals surface area (Å²) in [5.41, 5.74) is 0.985. The zero-order valence-electron chi connectivity index (χ0n) is 13.8. The molecule has 0 bridgehead atoms. The molecule has 7 heteroatoms. The number of para-hydroxylation sites is 1. The number of thioether (sulfide) groups is 1. The highest BCUT2D eigenvalue weighted by atomic mass is 32.2. The van der Waals surface area contributed by atoms with Crippen LogP contribution in [0, 0.1) is 0 Å². The van der Waals surface area contributed by atoms with Crippen molar-refractivity contribution in [2.45, 2.75) is 42.2 Å². The first kappa shape index (κ1) is 17.2. The third-order valence-electron chi connectivity index (χ3n) is 3.97. The molecule has 128 valence electrons. The van der Waals surface area contributed by atoms with Crippen molar-refractivity contribution >= 4 is 39.8 Å². The van der Waals surface area contributed by atoms with Crippen LogP contribution < -0.4 is 5.32 Å². The summed E-state index contributed by atoms with van der Waals surface area (Å²) < 4.78 is 0.823. The van der Waals surface area contributed by atoms with Crippen molar-refractivity contribution < 1.29 is 4.79 Å². The number of carbonyl (C=O) groups excluding carboxylic acids is 1. The van der Waals surface area contributed by atoms with E-state index in [2.05, 4.69) is 15.5 Å². The molecule has 1 fully saturated rings. The summed E-state index contributed by atoms with van der Waals surface area (Å²) in [5, 5.41) is 12.2. The summed E-state index contributed by atoms with van der Waals surface area (Å²) in [7, 11) is 0. The maximum absolute atomic E-state index is 12.6. The SMILES string of the molecule is CC(Sc1nnc(Nc2ccccc2)s1)C(=O)N1CCCCCC1. The molecule has 5 nitrogen and oxygen atoms in total. The molecule has 2 heterocycles. The lowest BCUT2D eigenvalue weighted by molar-refractivity contribution is -0.130. The molecule has 1 unspecified atom stereocenters. The molecule has 1 saturated heterocycles. The van der Waals surface area contributed by atoms with E-state index in [4.69, 9.17) is 0 Å². The van der Waals surface area contributed by atoms with Gasteiger partial charge in [-0.05, 0) is 31.9 Å². The second-order valence-corrected chi connectivity index (χ2v) is 8.43. The largest absolute Gasteiger partial charge is 0.342 e. The smallest absolute Gasteiger partial charge is 0.235 e. The summed E-state index contributed by atoms with van der Waals surface area (Å²) >= 11 is 2.98. The number of nitrogens with one attached hydrogen (secondary N) is 1. The summed E-state index contributed by atoms with van der Waals surface area (Å²) in [6.07, 6.45) is 4.70. The van der Waals surface area contributed by atoms with Crippen LogP contribution in [0.25, 0.3) is 0 Å². The van der Waals surface area contributed by atoms with E-state index in [9.17, 15) is 4.79 Å². The molecule has 0 aliphatic carbocycles. The van der Waals surface area contributed by atoms with Crippen LogP contribution in [-0.2, 0) is 4.79 Å². The van der Waals surface area contributed by atoms with Crippen LogP contribution in [0.2, 0.25) is 0 Å². The Morgan fingerprint density at radius 3 is 2.58 bits per heavy atom. The quantitative estimate of drug-likeness (QED) is 0.809. The van der Waals surface area contributed by atoms with Gasteiger partial charge in [-0.25, -0.2) is 0 Å². The van der Waals surface area contributed by atoms with Crippen molar-refractivity contribution in [2.75, 3.05) is 18.4 Å². The molecule has 1 N–H and O–H groups in total. The Hall–Kier alpha value is -1.60. The van der Waals surface area contributed by atoms with Crippen LogP contribution in [0.4, 0.5) is 10.8 Å². The van der Waals surface area contributed by atoms with E-state index in [1.807, 2.05) is 42.2 Å². The molecule has 24 heavy (non-hydrogen) atoms. The Morgan fingerprint density at radius 2 is 1.88 bits per heavy atom. The number of aromatic nitrogens is 2. The van der Waals surface area contributed by atoms with Crippen molar-refractivity contribution in [3.05, 3.63) is 30.3 Å². The third kappa shape index (κ3) is 4.70. The van der Waals surface area contributed by atoms with Crippen LogP contribution >= 0.6 is 23.1 Å². The lowest BCUT2D eigenvalue weighted by atomic mass is 10.2. The Labute approximate surface area is 150 Å². The predicted octanol–water partition coefficient (Wildman–Crippen LogP) is 4.16. The van der Waals surface area contributed by atoms with Gasteiger partial charge in [0.2, 0.25) is 11.0 Å². The number of hydrogen-bond donors (Lipinski definition) is 1. The van der Waals surface area contributed by atoms with Gasteiger partial charge in [0.1, 0.15) is 0 Å². The van der Waals surface area contributed by atoms with Crippen molar-refractivity contribution in [1.29, 1.82) is 0 Å². The minimum absolute atomic E-state index is 0.124.